The van der Waals surface area contributed by atoms with E-state index in [0.717, 1.165) is 0 Å². The van der Waals surface area contributed by atoms with Crippen LogP contribution in [-0.2, 0) is 4.79 Å². The molecule has 3 N–H and O–H groups in total. The van der Waals surface area contributed by atoms with Crippen molar-refractivity contribution in [3.8, 4) is 0 Å². The topological polar surface area (TPSA) is 114 Å². The summed E-state index contributed by atoms with van der Waals surface area (Å²) in [5, 5.41) is 18.0. The molecule has 0 saturated carbocycles. The third-order valence-electron chi connectivity index (χ3n) is 3.62. The highest BCUT2D eigenvalue weighted by atomic mass is 32.1. The predicted octanol–water partition coefficient (Wildman–Crippen LogP) is 2.13. The summed E-state index contributed by atoms with van der Waals surface area (Å²) < 4.78 is 14.1. The highest BCUT2D eigenvalue weighted by Gasteiger charge is 2.27. The molecule has 138 valence electrons. The number of carbonyl (C=O) groups is 1. The summed E-state index contributed by atoms with van der Waals surface area (Å²) in [5.41, 5.74) is 5.84. The zero-order chi connectivity index (χ0) is 19.4. The molecule has 26 heavy (non-hydrogen) atoms. The van der Waals surface area contributed by atoms with Crippen LogP contribution in [0.15, 0.2) is 24.3 Å². The third-order valence-corrected chi connectivity index (χ3v) is 3.82. The number of amides is 1. The Labute approximate surface area is 153 Å². The fraction of sp³-hybridized carbons (Fsp3) is 0.267. The molecular weight excluding hydrogens is 363 g/mol. The van der Waals surface area contributed by atoms with Crippen molar-refractivity contribution in [1.29, 1.82) is 0 Å². The van der Waals surface area contributed by atoms with Gasteiger partial charge in [-0.1, -0.05) is 0 Å². The van der Waals surface area contributed by atoms with Crippen molar-refractivity contribution in [2.24, 2.45) is 0 Å². The Bertz CT molecular complexity index is 852. The van der Waals surface area contributed by atoms with Gasteiger partial charge in [0.15, 0.2) is 5.11 Å². The van der Waals surface area contributed by atoms with Crippen LogP contribution >= 0.6 is 12.2 Å². The van der Waals surface area contributed by atoms with Crippen molar-refractivity contribution in [3.63, 3.8) is 0 Å². The van der Waals surface area contributed by atoms with Gasteiger partial charge in [0.05, 0.1) is 4.92 Å². The molecule has 9 nitrogen and oxygen atoms in total. The second-order valence-corrected chi connectivity index (χ2v) is 5.88. The van der Waals surface area contributed by atoms with Crippen LogP contribution in [0.25, 0.3) is 0 Å². The van der Waals surface area contributed by atoms with E-state index < -0.39 is 16.9 Å². The zero-order valence-corrected chi connectivity index (χ0v) is 15.1. The van der Waals surface area contributed by atoms with E-state index in [0.29, 0.717) is 5.69 Å². The maximum absolute atomic E-state index is 12.9. The molecule has 0 bridgehead atoms. The Hall–Kier alpha value is -3.08. The molecule has 0 unspecified atom stereocenters. The quantitative estimate of drug-likeness (QED) is 0.423. The Morgan fingerprint density at radius 3 is 2.46 bits per heavy atom. The van der Waals surface area contributed by atoms with Crippen molar-refractivity contribution in [2.75, 3.05) is 5.32 Å². The van der Waals surface area contributed by atoms with Crippen LogP contribution < -0.4 is 16.2 Å². The number of hydrazine groups is 1. The smallest absolute Gasteiger partial charge is 0.312 e. The van der Waals surface area contributed by atoms with Gasteiger partial charge in [0.2, 0.25) is 0 Å². The van der Waals surface area contributed by atoms with Crippen molar-refractivity contribution in [3.05, 3.63) is 51.6 Å². The number of anilines is 1. The van der Waals surface area contributed by atoms with Gasteiger partial charge in [-0.25, -0.2) is 4.39 Å². The second-order valence-electron chi connectivity index (χ2n) is 5.47. The van der Waals surface area contributed by atoms with E-state index in [2.05, 4.69) is 21.3 Å². The minimum atomic E-state index is -0.802. The Morgan fingerprint density at radius 2 is 1.92 bits per heavy atom. The van der Waals surface area contributed by atoms with E-state index in [4.69, 9.17) is 12.2 Å². The molecule has 0 aliphatic carbocycles. The van der Waals surface area contributed by atoms with Crippen LogP contribution in [0.2, 0.25) is 0 Å². The molecule has 1 heterocycles. The summed E-state index contributed by atoms with van der Waals surface area (Å²) in [7, 11) is 0. The first-order chi connectivity index (χ1) is 12.2. The van der Waals surface area contributed by atoms with Crippen LogP contribution in [0.3, 0.4) is 0 Å². The minimum absolute atomic E-state index is 0.0940. The monoisotopic (exact) mass is 380 g/mol. The van der Waals surface area contributed by atoms with Gasteiger partial charge in [-0.05, 0) is 57.3 Å². The first kappa shape index (κ1) is 19.2. The fourth-order valence-electron chi connectivity index (χ4n) is 2.33. The third kappa shape index (κ3) is 4.30. The average molecular weight is 380 g/mol. The Morgan fingerprint density at radius 1 is 1.31 bits per heavy atom. The average Bonchev–Trinajstić information content (AvgIpc) is 2.88. The number of aryl methyl sites for hydroxylation is 1. The number of carbonyl (C=O) groups excluding carboxylic acids is 1. The molecule has 0 radical (unpaired) electrons. The standard InChI is InChI=1S/C15H17FN6O3S/c1-8-13(22(24)25)9(2)21(20-8)10(3)14(23)18-19-15(26)17-12-6-4-11(16)5-7-12/h4-7,10H,1-3H3,(H,18,23)(H2,17,19,26)/t10-/m0/s1. The van der Waals surface area contributed by atoms with E-state index >= 15 is 0 Å². The summed E-state index contributed by atoms with van der Waals surface area (Å²) in [6.45, 7) is 4.58. The number of thiocarbonyl (C=S) groups is 1. The normalized spacial score (nSPS) is 11.5. The number of nitrogens with zero attached hydrogens (tertiary/aromatic N) is 3. The summed E-state index contributed by atoms with van der Waals surface area (Å²) >= 11 is 5.03. The molecule has 1 aromatic heterocycles. The minimum Gasteiger partial charge on any atom is -0.331 e. The number of hydrogen-bond donors (Lipinski definition) is 3. The molecule has 0 aliphatic heterocycles. The predicted molar refractivity (Wildman–Crippen MR) is 97.0 cm³/mol. The molecule has 0 spiro atoms. The number of nitrogens with one attached hydrogen (secondary N) is 3. The van der Waals surface area contributed by atoms with Gasteiger partial charge in [-0.3, -0.25) is 30.4 Å². The largest absolute Gasteiger partial charge is 0.331 e. The number of halogens is 1. The van der Waals surface area contributed by atoms with Crippen molar-refractivity contribution < 1.29 is 14.1 Å². The van der Waals surface area contributed by atoms with Gasteiger partial charge in [0.25, 0.3) is 5.91 Å². The Kier molecular flexibility index (Phi) is 5.82. The second kappa shape index (κ2) is 7.87. The molecular formula is C15H17FN6O3S. The summed E-state index contributed by atoms with van der Waals surface area (Å²) in [6, 6.07) is 4.71. The highest BCUT2D eigenvalue weighted by Crippen LogP contribution is 2.24. The van der Waals surface area contributed by atoms with Gasteiger partial charge < -0.3 is 5.32 Å². The molecule has 0 fully saturated rings. The van der Waals surface area contributed by atoms with E-state index in [1.165, 1.54) is 42.8 Å². The van der Waals surface area contributed by atoms with Gasteiger partial charge in [0.1, 0.15) is 23.2 Å². The van der Waals surface area contributed by atoms with Crippen LogP contribution in [-0.4, -0.2) is 25.7 Å². The lowest BCUT2D eigenvalue weighted by Gasteiger charge is -2.16. The maximum Gasteiger partial charge on any atom is 0.312 e. The van der Waals surface area contributed by atoms with Gasteiger partial charge >= 0.3 is 5.69 Å². The van der Waals surface area contributed by atoms with Crippen LogP contribution in [0.1, 0.15) is 24.4 Å². The molecule has 1 aromatic carbocycles. The molecule has 2 rings (SSSR count). The van der Waals surface area contributed by atoms with Crippen LogP contribution in [0, 0.1) is 29.8 Å². The lowest BCUT2D eigenvalue weighted by atomic mass is 10.3. The van der Waals surface area contributed by atoms with Crippen LogP contribution in [0.5, 0.6) is 0 Å². The van der Waals surface area contributed by atoms with Crippen molar-refractivity contribution >= 4 is 34.6 Å². The first-order valence-electron chi connectivity index (χ1n) is 7.53. The maximum atomic E-state index is 12.9. The molecule has 0 saturated heterocycles. The van der Waals surface area contributed by atoms with E-state index in [9.17, 15) is 19.3 Å². The zero-order valence-electron chi connectivity index (χ0n) is 14.2. The molecule has 2 aromatic rings. The summed E-state index contributed by atoms with van der Waals surface area (Å²) in [6.07, 6.45) is 0. The molecule has 11 heteroatoms. The van der Waals surface area contributed by atoms with Crippen LogP contribution in [0.4, 0.5) is 15.8 Å². The number of nitro groups is 1. The number of hydrogen-bond acceptors (Lipinski definition) is 5. The van der Waals surface area contributed by atoms with E-state index in [1.807, 2.05) is 0 Å². The van der Waals surface area contributed by atoms with Crippen molar-refractivity contribution in [1.82, 2.24) is 20.6 Å². The Balaban J connectivity index is 1.97. The molecule has 0 aliphatic rings. The number of benzene rings is 1. The van der Waals surface area contributed by atoms with E-state index in [-0.39, 0.29) is 28.0 Å². The number of aromatic nitrogens is 2. The van der Waals surface area contributed by atoms with Crippen molar-refractivity contribution in [2.45, 2.75) is 26.8 Å². The highest BCUT2D eigenvalue weighted by molar-refractivity contribution is 7.80. The summed E-state index contributed by atoms with van der Waals surface area (Å²) in [4.78, 5) is 22.8. The van der Waals surface area contributed by atoms with Gasteiger partial charge in [-0.2, -0.15) is 5.10 Å². The first-order valence-corrected chi connectivity index (χ1v) is 7.94. The van der Waals surface area contributed by atoms with E-state index in [1.54, 1.807) is 6.92 Å². The summed E-state index contributed by atoms with van der Waals surface area (Å²) in [5.74, 6) is -0.871. The molecule has 1 amide bonds. The fourth-order valence-corrected chi connectivity index (χ4v) is 2.49. The number of rotatable bonds is 4. The lowest BCUT2D eigenvalue weighted by Crippen LogP contribution is -2.46. The van der Waals surface area contributed by atoms with Gasteiger partial charge in [-0.15, -0.1) is 0 Å². The SMILES string of the molecule is Cc1nn([C@@H](C)C(=O)NNC(=S)Nc2ccc(F)cc2)c(C)c1[N+](=O)[O-]. The molecule has 1 atom stereocenters. The van der Waals surface area contributed by atoms with Gasteiger partial charge in [0, 0.05) is 5.69 Å². The lowest BCUT2D eigenvalue weighted by molar-refractivity contribution is -0.386.